The SMILES string of the molecule is COC(=O)c1ccccc1N(C)Cc1c(C(=O)O)n(Cc2csc3ccc(F)cc23)c2ccccc12. The van der Waals surface area contributed by atoms with Gasteiger partial charge in [-0.05, 0) is 47.3 Å². The fourth-order valence-corrected chi connectivity index (χ4v) is 5.64. The van der Waals surface area contributed by atoms with Gasteiger partial charge in [-0.15, -0.1) is 11.3 Å². The van der Waals surface area contributed by atoms with Crippen molar-refractivity contribution in [3.8, 4) is 0 Å². The molecule has 0 atom stereocenters. The monoisotopic (exact) mass is 502 g/mol. The van der Waals surface area contributed by atoms with E-state index in [1.807, 2.05) is 47.7 Å². The number of nitrogens with zero attached hydrogens (tertiary/aromatic N) is 2. The zero-order chi connectivity index (χ0) is 25.4. The van der Waals surface area contributed by atoms with Crippen LogP contribution in [0.2, 0.25) is 0 Å². The quantitative estimate of drug-likeness (QED) is 0.270. The number of esters is 1. The van der Waals surface area contributed by atoms with Crippen LogP contribution in [0.4, 0.5) is 10.1 Å². The van der Waals surface area contributed by atoms with Gasteiger partial charge in [0.15, 0.2) is 0 Å². The van der Waals surface area contributed by atoms with Crippen LogP contribution in [-0.2, 0) is 17.8 Å². The van der Waals surface area contributed by atoms with E-state index in [0.29, 0.717) is 16.8 Å². The lowest BCUT2D eigenvalue weighted by Crippen LogP contribution is -2.22. The number of carboxylic acids is 1. The van der Waals surface area contributed by atoms with Crippen LogP contribution >= 0.6 is 11.3 Å². The Hall–Kier alpha value is -4.17. The van der Waals surface area contributed by atoms with Gasteiger partial charge in [0.05, 0.1) is 18.4 Å². The van der Waals surface area contributed by atoms with E-state index in [0.717, 1.165) is 26.6 Å². The molecular weight excluding hydrogens is 479 g/mol. The smallest absolute Gasteiger partial charge is 0.352 e. The van der Waals surface area contributed by atoms with Crippen LogP contribution in [0.25, 0.3) is 21.0 Å². The Bertz CT molecular complexity index is 1620. The molecule has 0 spiro atoms. The van der Waals surface area contributed by atoms with E-state index in [-0.39, 0.29) is 24.6 Å². The van der Waals surface area contributed by atoms with E-state index in [2.05, 4.69) is 0 Å². The molecule has 5 aromatic rings. The highest BCUT2D eigenvalue weighted by atomic mass is 32.1. The zero-order valence-electron chi connectivity index (χ0n) is 19.7. The van der Waals surface area contributed by atoms with Gasteiger partial charge in [0.1, 0.15) is 11.5 Å². The topological polar surface area (TPSA) is 71.8 Å². The van der Waals surface area contributed by atoms with Crippen molar-refractivity contribution in [3.05, 3.63) is 100 Å². The van der Waals surface area contributed by atoms with Crippen LogP contribution in [-0.4, -0.2) is 35.8 Å². The molecule has 0 amide bonds. The molecule has 2 aromatic heterocycles. The van der Waals surface area contributed by atoms with E-state index in [1.54, 1.807) is 28.8 Å². The van der Waals surface area contributed by atoms with Crippen molar-refractivity contribution in [2.75, 3.05) is 19.1 Å². The third-order valence-corrected chi connectivity index (χ3v) is 7.35. The number of carbonyl (C=O) groups excluding carboxylic acids is 1. The van der Waals surface area contributed by atoms with Crippen molar-refractivity contribution in [3.63, 3.8) is 0 Å². The highest BCUT2D eigenvalue weighted by Crippen LogP contribution is 2.33. The Morgan fingerprint density at radius 3 is 2.58 bits per heavy atom. The minimum Gasteiger partial charge on any atom is -0.477 e. The maximum Gasteiger partial charge on any atom is 0.352 e. The molecule has 0 radical (unpaired) electrons. The predicted octanol–water partition coefficient (Wildman–Crippen LogP) is 6.16. The Morgan fingerprint density at radius 2 is 1.81 bits per heavy atom. The molecule has 6 nitrogen and oxygen atoms in total. The standard InChI is InChI=1S/C28H23FN2O4S/c1-30(23-9-5-4-8-20(23)28(34)35-2)15-22-19-7-3-6-10-24(19)31(26(22)27(32)33)14-17-16-36-25-12-11-18(29)13-21(17)25/h3-13,16H,14-15H2,1-2H3,(H,32,33). The van der Waals surface area contributed by atoms with Crippen LogP contribution in [0.3, 0.4) is 0 Å². The number of hydrogen-bond acceptors (Lipinski definition) is 5. The number of aromatic carboxylic acids is 1. The minimum atomic E-state index is -1.05. The van der Waals surface area contributed by atoms with Crippen molar-refractivity contribution in [1.82, 2.24) is 4.57 Å². The van der Waals surface area contributed by atoms with Crippen molar-refractivity contribution in [2.45, 2.75) is 13.1 Å². The number of rotatable bonds is 7. The molecule has 0 aliphatic heterocycles. The number of fused-ring (bicyclic) bond motifs is 2. The summed E-state index contributed by atoms with van der Waals surface area (Å²) in [6.45, 7) is 0.538. The second-order valence-corrected chi connectivity index (χ2v) is 9.41. The van der Waals surface area contributed by atoms with E-state index in [4.69, 9.17) is 4.74 Å². The second-order valence-electron chi connectivity index (χ2n) is 8.50. The summed E-state index contributed by atoms with van der Waals surface area (Å²) >= 11 is 1.50. The molecule has 182 valence electrons. The predicted molar refractivity (Wildman–Crippen MR) is 140 cm³/mol. The Kier molecular flexibility index (Phi) is 6.20. The van der Waals surface area contributed by atoms with Gasteiger partial charge >= 0.3 is 11.9 Å². The molecule has 0 aliphatic rings. The number of methoxy groups -OCH3 is 1. The van der Waals surface area contributed by atoms with Crippen LogP contribution in [0.1, 0.15) is 32.0 Å². The normalized spacial score (nSPS) is 11.2. The van der Waals surface area contributed by atoms with Crippen molar-refractivity contribution in [2.24, 2.45) is 0 Å². The summed E-state index contributed by atoms with van der Waals surface area (Å²) in [5, 5.41) is 13.9. The van der Waals surface area contributed by atoms with E-state index < -0.39 is 11.9 Å². The molecule has 0 aliphatic carbocycles. The number of halogens is 1. The first-order valence-corrected chi connectivity index (χ1v) is 12.1. The number of hydrogen-bond donors (Lipinski definition) is 1. The van der Waals surface area contributed by atoms with Crippen molar-refractivity contribution in [1.29, 1.82) is 0 Å². The zero-order valence-corrected chi connectivity index (χ0v) is 20.5. The van der Waals surface area contributed by atoms with Gasteiger partial charge in [0.25, 0.3) is 0 Å². The second kappa shape index (κ2) is 9.47. The maximum atomic E-state index is 14.0. The van der Waals surface area contributed by atoms with Crippen molar-refractivity contribution >= 4 is 50.0 Å². The van der Waals surface area contributed by atoms with Gasteiger partial charge in [0.2, 0.25) is 0 Å². The van der Waals surface area contributed by atoms with Crippen molar-refractivity contribution < 1.29 is 23.8 Å². The molecular formula is C28H23FN2O4S. The average molecular weight is 503 g/mol. The summed E-state index contributed by atoms with van der Waals surface area (Å²) in [6, 6.07) is 19.3. The summed E-state index contributed by atoms with van der Waals surface area (Å²) in [5.74, 6) is -1.85. The Balaban J connectivity index is 1.63. The van der Waals surface area contributed by atoms with E-state index in [9.17, 15) is 19.1 Å². The van der Waals surface area contributed by atoms with Crippen LogP contribution in [0.5, 0.6) is 0 Å². The summed E-state index contributed by atoms with van der Waals surface area (Å²) in [5.41, 5.74) is 3.45. The third kappa shape index (κ3) is 4.09. The molecule has 0 saturated carbocycles. The average Bonchev–Trinajstić information content (AvgIpc) is 3.42. The number of aromatic nitrogens is 1. The van der Waals surface area contributed by atoms with Gasteiger partial charge in [-0.2, -0.15) is 0 Å². The molecule has 0 saturated heterocycles. The van der Waals surface area contributed by atoms with Gasteiger partial charge in [0, 0.05) is 46.7 Å². The molecule has 8 heteroatoms. The lowest BCUT2D eigenvalue weighted by atomic mass is 10.1. The van der Waals surface area contributed by atoms with Gasteiger partial charge in [-0.1, -0.05) is 30.3 Å². The summed E-state index contributed by atoms with van der Waals surface area (Å²) < 4.78 is 21.6. The number of para-hydroxylation sites is 2. The van der Waals surface area contributed by atoms with Crippen LogP contribution in [0, 0.1) is 5.82 Å². The fourth-order valence-electron chi connectivity index (χ4n) is 4.70. The first kappa shape index (κ1) is 23.6. The number of anilines is 1. The third-order valence-electron chi connectivity index (χ3n) is 6.34. The van der Waals surface area contributed by atoms with E-state index in [1.165, 1.54) is 30.6 Å². The van der Waals surface area contributed by atoms with E-state index >= 15 is 0 Å². The van der Waals surface area contributed by atoms with Gasteiger partial charge < -0.3 is 19.3 Å². The Morgan fingerprint density at radius 1 is 1.06 bits per heavy atom. The highest BCUT2D eigenvalue weighted by Gasteiger charge is 2.25. The molecule has 0 bridgehead atoms. The molecule has 3 aromatic carbocycles. The molecule has 2 heterocycles. The summed E-state index contributed by atoms with van der Waals surface area (Å²) in [6.07, 6.45) is 0. The lowest BCUT2D eigenvalue weighted by Gasteiger charge is -2.22. The summed E-state index contributed by atoms with van der Waals surface area (Å²) in [4.78, 5) is 26.8. The lowest BCUT2D eigenvalue weighted by molar-refractivity contribution is 0.0600. The molecule has 1 N–H and O–H groups in total. The van der Waals surface area contributed by atoms with Crippen LogP contribution < -0.4 is 4.90 Å². The number of carboxylic acid groups (broad SMARTS) is 1. The summed E-state index contributed by atoms with van der Waals surface area (Å²) in [7, 11) is 3.14. The largest absolute Gasteiger partial charge is 0.477 e. The number of carbonyl (C=O) groups is 2. The molecule has 0 fully saturated rings. The van der Waals surface area contributed by atoms with Crippen LogP contribution in [0.15, 0.2) is 72.1 Å². The first-order chi connectivity index (χ1) is 17.4. The molecule has 5 rings (SSSR count). The van der Waals surface area contributed by atoms with Gasteiger partial charge in [-0.3, -0.25) is 0 Å². The number of benzene rings is 3. The Labute approximate surface area is 210 Å². The highest BCUT2D eigenvalue weighted by molar-refractivity contribution is 7.17. The first-order valence-electron chi connectivity index (χ1n) is 11.3. The number of thiophene rings is 1. The molecule has 0 unspecified atom stereocenters. The maximum absolute atomic E-state index is 14.0. The number of ether oxygens (including phenoxy) is 1. The molecule has 36 heavy (non-hydrogen) atoms. The minimum absolute atomic E-state index is 0.161. The van der Waals surface area contributed by atoms with Gasteiger partial charge in [-0.25, -0.2) is 14.0 Å². The fraction of sp³-hybridized carbons (Fsp3) is 0.143.